The van der Waals surface area contributed by atoms with Crippen molar-refractivity contribution >= 4 is 0 Å². The Kier molecular flexibility index (Phi) is 8.85. The molecule has 2 aliphatic rings. The summed E-state index contributed by atoms with van der Waals surface area (Å²) in [6.45, 7) is 5.40. The highest BCUT2D eigenvalue weighted by Crippen LogP contribution is 2.40. The molecule has 2 fully saturated rings. The van der Waals surface area contributed by atoms with Crippen LogP contribution in [0.2, 0.25) is 0 Å². The first-order chi connectivity index (χ1) is 15.7. The normalized spacial score (nSPS) is 27.2. The minimum absolute atomic E-state index is 0.534. The van der Waals surface area contributed by atoms with E-state index in [1.54, 1.807) is 5.56 Å². The monoisotopic (exact) mass is 432 g/mol. The third-order valence-electron chi connectivity index (χ3n) is 8.39. The zero-order valence-electron chi connectivity index (χ0n) is 20.5. The second-order valence-electron chi connectivity index (χ2n) is 10.6. The second kappa shape index (κ2) is 12.0. The topological polar surface area (TPSA) is 9.23 Å². The fourth-order valence-electron chi connectivity index (χ4n) is 6.30. The van der Waals surface area contributed by atoms with Crippen LogP contribution < -0.4 is 0 Å². The minimum atomic E-state index is 0.534. The number of hydrogen-bond donors (Lipinski definition) is 0. The van der Waals surface area contributed by atoms with Gasteiger partial charge in [-0.25, -0.2) is 0 Å². The van der Waals surface area contributed by atoms with Gasteiger partial charge in [0.1, 0.15) is 0 Å². The molecule has 1 nitrogen and oxygen atoms in total. The first-order valence-corrected chi connectivity index (χ1v) is 13.5. The van der Waals surface area contributed by atoms with Crippen LogP contribution in [0.4, 0.5) is 0 Å². The van der Waals surface area contributed by atoms with E-state index in [0.717, 1.165) is 24.4 Å². The van der Waals surface area contributed by atoms with Crippen LogP contribution in [0, 0.1) is 11.8 Å². The molecule has 4 rings (SSSR count). The Morgan fingerprint density at radius 3 is 2.09 bits per heavy atom. The highest BCUT2D eigenvalue weighted by molar-refractivity contribution is 5.26. The Hall–Kier alpha value is -1.60. The molecule has 0 N–H and O–H groups in total. The standard InChI is InChI=1S/C31H44O/c1-3-32-31-21-15-26(16-22-31)10-9-25-11-17-29(18-12-25)30-19-13-27(14-20-30)23-24(2)28-7-5-4-6-8-28/h4-8,11-12,17-18,24,26-27,30-31H,3,9-10,13-16,19-23H2,1-2H3/t24-,26?,27?,30?,31?/m1/s1. The van der Waals surface area contributed by atoms with E-state index < -0.39 is 0 Å². The summed E-state index contributed by atoms with van der Waals surface area (Å²) < 4.78 is 5.81. The van der Waals surface area contributed by atoms with Crippen LogP contribution in [0.15, 0.2) is 54.6 Å². The van der Waals surface area contributed by atoms with Gasteiger partial charge in [0, 0.05) is 6.61 Å². The summed E-state index contributed by atoms with van der Waals surface area (Å²) in [5.74, 6) is 3.27. The van der Waals surface area contributed by atoms with Gasteiger partial charge in [0.25, 0.3) is 0 Å². The van der Waals surface area contributed by atoms with Crippen molar-refractivity contribution in [2.45, 2.75) is 102 Å². The van der Waals surface area contributed by atoms with Crippen LogP contribution in [0.25, 0.3) is 0 Å². The van der Waals surface area contributed by atoms with Gasteiger partial charge in [-0.2, -0.15) is 0 Å². The highest BCUT2D eigenvalue weighted by atomic mass is 16.5. The lowest BCUT2D eigenvalue weighted by Crippen LogP contribution is -2.21. The molecule has 0 amide bonds. The van der Waals surface area contributed by atoms with E-state index in [0.29, 0.717) is 12.0 Å². The smallest absolute Gasteiger partial charge is 0.0575 e. The quantitative estimate of drug-likeness (QED) is 0.385. The first kappa shape index (κ1) is 23.6. The molecule has 0 spiro atoms. The Morgan fingerprint density at radius 2 is 1.44 bits per heavy atom. The van der Waals surface area contributed by atoms with Gasteiger partial charge in [-0.05, 0) is 118 Å². The molecule has 0 bridgehead atoms. The lowest BCUT2D eigenvalue weighted by atomic mass is 9.75. The molecule has 32 heavy (non-hydrogen) atoms. The van der Waals surface area contributed by atoms with Gasteiger partial charge in [0.2, 0.25) is 0 Å². The summed E-state index contributed by atoms with van der Waals surface area (Å²) in [4.78, 5) is 0. The average molecular weight is 433 g/mol. The van der Waals surface area contributed by atoms with Gasteiger partial charge in [-0.1, -0.05) is 61.5 Å². The second-order valence-corrected chi connectivity index (χ2v) is 10.6. The van der Waals surface area contributed by atoms with Crippen molar-refractivity contribution < 1.29 is 4.74 Å². The summed E-state index contributed by atoms with van der Waals surface area (Å²) in [6, 6.07) is 20.8. The van der Waals surface area contributed by atoms with E-state index in [9.17, 15) is 0 Å². The van der Waals surface area contributed by atoms with Crippen LogP contribution in [-0.4, -0.2) is 12.7 Å². The van der Waals surface area contributed by atoms with E-state index >= 15 is 0 Å². The summed E-state index contributed by atoms with van der Waals surface area (Å²) in [5, 5.41) is 0. The molecule has 2 aliphatic carbocycles. The SMILES string of the molecule is CCOC1CCC(CCc2ccc(C3CCC(C[C@@H](C)c4ccccc4)CC3)cc2)CC1. The van der Waals surface area contributed by atoms with E-state index in [4.69, 9.17) is 4.74 Å². The van der Waals surface area contributed by atoms with Gasteiger partial charge < -0.3 is 4.74 Å². The van der Waals surface area contributed by atoms with Crippen LogP contribution >= 0.6 is 0 Å². The van der Waals surface area contributed by atoms with Crippen molar-refractivity contribution in [3.05, 3.63) is 71.3 Å². The van der Waals surface area contributed by atoms with Crippen LogP contribution in [-0.2, 0) is 11.2 Å². The van der Waals surface area contributed by atoms with Crippen LogP contribution in [0.1, 0.15) is 107 Å². The van der Waals surface area contributed by atoms with E-state index in [-0.39, 0.29) is 0 Å². The summed E-state index contributed by atoms with van der Waals surface area (Å²) in [5.41, 5.74) is 4.62. The van der Waals surface area contributed by atoms with E-state index in [1.165, 1.54) is 81.8 Å². The molecule has 174 valence electrons. The van der Waals surface area contributed by atoms with Crippen molar-refractivity contribution in [1.29, 1.82) is 0 Å². The van der Waals surface area contributed by atoms with Gasteiger partial charge >= 0.3 is 0 Å². The van der Waals surface area contributed by atoms with Gasteiger partial charge in [0.05, 0.1) is 6.10 Å². The molecule has 0 aromatic heterocycles. The molecule has 0 saturated heterocycles. The highest BCUT2D eigenvalue weighted by Gasteiger charge is 2.24. The van der Waals surface area contributed by atoms with Crippen molar-refractivity contribution in [3.63, 3.8) is 0 Å². The minimum Gasteiger partial charge on any atom is -0.379 e. The maximum absolute atomic E-state index is 5.81. The summed E-state index contributed by atoms with van der Waals surface area (Å²) in [7, 11) is 0. The predicted molar refractivity (Wildman–Crippen MR) is 136 cm³/mol. The Bertz CT molecular complexity index is 764. The van der Waals surface area contributed by atoms with Gasteiger partial charge in [0.15, 0.2) is 0 Å². The third kappa shape index (κ3) is 6.70. The molecule has 2 saturated carbocycles. The van der Waals surface area contributed by atoms with E-state index in [1.807, 2.05) is 0 Å². The van der Waals surface area contributed by atoms with Gasteiger partial charge in [-0.3, -0.25) is 0 Å². The zero-order chi connectivity index (χ0) is 22.2. The van der Waals surface area contributed by atoms with E-state index in [2.05, 4.69) is 68.4 Å². The number of ether oxygens (including phenoxy) is 1. The van der Waals surface area contributed by atoms with Gasteiger partial charge in [-0.15, -0.1) is 0 Å². The Balaban J connectivity index is 1.18. The number of benzene rings is 2. The molecular weight excluding hydrogens is 388 g/mol. The molecule has 1 heteroatoms. The van der Waals surface area contributed by atoms with Crippen molar-refractivity contribution in [2.24, 2.45) is 11.8 Å². The molecule has 0 unspecified atom stereocenters. The molecule has 0 radical (unpaired) electrons. The molecule has 0 aliphatic heterocycles. The molecule has 2 aromatic carbocycles. The maximum Gasteiger partial charge on any atom is 0.0575 e. The van der Waals surface area contributed by atoms with Crippen molar-refractivity contribution in [1.82, 2.24) is 0 Å². The molecule has 1 atom stereocenters. The van der Waals surface area contributed by atoms with Crippen molar-refractivity contribution in [3.8, 4) is 0 Å². The molecular formula is C31H44O. The van der Waals surface area contributed by atoms with Crippen LogP contribution in [0.3, 0.4) is 0 Å². The van der Waals surface area contributed by atoms with Crippen LogP contribution in [0.5, 0.6) is 0 Å². The van der Waals surface area contributed by atoms with Crippen molar-refractivity contribution in [2.75, 3.05) is 6.61 Å². The number of rotatable bonds is 9. The molecule has 0 heterocycles. The summed E-state index contributed by atoms with van der Waals surface area (Å²) >= 11 is 0. The third-order valence-corrected chi connectivity index (χ3v) is 8.39. The first-order valence-electron chi connectivity index (χ1n) is 13.5. The Labute approximate surface area is 197 Å². The lowest BCUT2D eigenvalue weighted by Gasteiger charge is -2.30. The fourth-order valence-corrected chi connectivity index (χ4v) is 6.30. The largest absolute Gasteiger partial charge is 0.379 e. The summed E-state index contributed by atoms with van der Waals surface area (Å²) in [6.07, 6.45) is 15.3. The maximum atomic E-state index is 5.81. The number of hydrogen-bond acceptors (Lipinski definition) is 1. The lowest BCUT2D eigenvalue weighted by molar-refractivity contribution is 0.0248. The molecule has 2 aromatic rings. The number of aryl methyl sites for hydroxylation is 1. The Morgan fingerprint density at radius 1 is 0.781 bits per heavy atom. The fraction of sp³-hybridized carbons (Fsp3) is 0.613. The predicted octanol–water partition coefficient (Wildman–Crippen LogP) is 8.68. The zero-order valence-corrected chi connectivity index (χ0v) is 20.5. The average Bonchev–Trinajstić information content (AvgIpc) is 2.85.